The third kappa shape index (κ3) is 4.31. The van der Waals surface area contributed by atoms with Crippen molar-refractivity contribution in [2.24, 2.45) is 0 Å². The van der Waals surface area contributed by atoms with Crippen molar-refractivity contribution < 1.29 is 27.6 Å². The van der Waals surface area contributed by atoms with Crippen LogP contribution in [0.15, 0.2) is 42.6 Å². The number of carbonyl (C=O) groups excluding carboxylic acids is 3. The molecule has 0 atom stereocenters. The van der Waals surface area contributed by atoms with Crippen molar-refractivity contribution >= 4 is 56.9 Å². The van der Waals surface area contributed by atoms with E-state index in [0.29, 0.717) is 37.2 Å². The van der Waals surface area contributed by atoms with Gasteiger partial charge in [-0.3, -0.25) is 19.5 Å². The van der Waals surface area contributed by atoms with E-state index in [1.54, 1.807) is 41.4 Å². The zero-order valence-corrected chi connectivity index (χ0v) is 21.0. The molecule has 1 saturated heterocycles. The molecule has 188 valence electrons. The second-order valence-corrected chi connectivity index (χ2v) is 10.1. The van der Waals surface area contributed by atoms with E-state index in [4.69, 9.17) is 0 Å². The minimum absolute atomic E-state index is 0.148. The van der Waals surface area contributed by atoms with Gasteiger partial charge in [0.1, 0.15) is 13.1 Å². The van der Waals surface area contributed by atoms with Gasteiger partial charge in [0.05, 0.1) is 17.1 Å². The fourth-order valence-corrected chi connectivity index (χ4v) is 6.06. The molecule has 5 rings (SSSR count). The van der Waals surface area contributed by atoms with Crippen molar-refractivity contribution in [1.82, 2.24) is 20.4 Å². The van der Waals surface area contributed by atoms with E-state index in [9.17, 15) is 27.6 Å². The number of anilines is 1. The van der Waals surface area contributed by atoms with Gasteiger partial charge in [-0.05, 0) is 65.8 Å². The molecule has 1 fully saturated rings. The lowest BCUT2D eigenvalue weighted by atomic mass is 9.73. The molecule has 2 aromatic carbocycles. The Morgan fingerprint density at radius 3 is 2.64 bits per heavy atom. The van der Waals surface area contributed by atoms with Crippen molar-refractivity contribution in [3.8, 4) is 0 Å². The van der Waals surface area contributed by atoms with E-state index < -0.39 is 30.6 Å². The number of likely N-dealkylation sites (tertiary alicyclic amines) is 1. The first kappa shape index (κ1) is 24.5. The molecule has 3 aromatic rings. The number of piperidine rings is 1. The molecule has 2 aliphatic rings. The second-order valence-electron chi connectivity index (χ2n) is 8.96. The first-order valence-corrected chi connectivity index (χ1v) is 12.3. The maximum Gasteiger partial charge on any atom is 0.405 e. The maximum absolute atomic E-state index is 13.7. The first-order chi connectivity index (χ1) is 17.1. The quantitative estimate of drug-likeness (QED) is 0.443. The predicted octanol–water partition coefficient (Wildman–Crippen LogP) is 3.37. The van der Waals surface area contributed by atoms with Gasteiger partial charge in [0, 0.05) is 38.9 Å². The Morgan fingerprint density at radius 1 is 1.17 bits per heavy atom. The second kappa shape index (κ2) is 9.05. The number of halogens is 4. The number of aromatic amines is 1. The predicted molar refractivity (Wildman–Crippen MR) is 133 cm³/mol. The molecule has 1 aromatic heterocycles. The van der Waals surface area contributed by atoms with Crippen LogP contribution in [0.5, 0.6) is 0 Å². The Hall–Kier alpha value is -3.16. The van der Waals surface area contributed by atoms with Crippen LogP contribution >= 0.6 is 22.6 Å². The van der Waals surface area contributed by atoms with Crippen molar-refractivity contribution in [3.63, 3.8) is 0 Å². The number of rotatable bonds is 4. The minimum atomic E-state index is -4.54. The molecule has 36 heavy (non-hydrogen) atoms. The summed E-state index contributed by atoms with van der Waals surface area (Å²) in [6.07, 6.45) is -2.20. The third-order valence-electron chi connectivity index (χ3n) is 6.79. The molecule has 1 spiro atoms. The standard InChI is InChI=1S/C24H21F3IN5O3/c25-24(26,27)13-29-19(34)12-33-18-3-1-2-16(28)20(18)23(22(33)36)6-8-32(9-7-23)21(35)14-4-5-17-15(10-14)11-30-31-17/h1-5,10-11H,6-9,12-13H2,(H,29,34)(H,30,31). The number of carbonyl (C=O) groups is 3. The van der Waals surface area contributed by atoms with Gasteiger partial charge in [0.2, 0.25) is 11.8 Å². The molecule has 12 heteroatoms. The Bertz CT molecular complexity index is 1360. The van der Waals surface area contributed by atoms with Crippen molar-refractivity contribution in [2.75, 3.05) is 31.1 Å². The first-order valence-electron chi connectivity index (χ1n) is 11.3. The Balaban J connectivity index is 1.36. The number of hydrogen-bond donors (Lipinski definition) is 2. The summed E-state index contributed by atoms with van der Waals surface area (Å²) in [5.74, 6) is -1.36. The fraction of sp³-hybridized carbons (Fsp3) is 0.333. The largest absolute Gasteiger partial charge is 0.405 e. The number of hydrogen-bond acceptors (Lipinski definition) is 4. The summed E-state index contributed by atoms with van der Waals surface area (Å²) >= 11 is 2.14. The molecule has 2 aliphatic heterocycles. The van der Waals surface area contributed by atoms with Gasteiger partial charge in [-0.15, -0.1) is 0 Å². The zero-order valence-electron chi connectivity index (χ0n) is 18.9. The summed E-state index contributed by atoms with van der Waals surface area (Å²) in [7, 11) is 0. The monoisotopic (exact) mass is 611 g/mol. The summed E-state index contributed by atoms with van der Waals surface area (Å²) in [6.45, 7) is -1.31. The van der Waals surface area contributed by atoms with Crippen molar-refractivity contribution in [2.45, 2.75) is 24.4 Å². The lowest BCUT2D eigenvalue weighted by Crippen LogP contribution is -2.51. The van der Waals surface area contributed by atoms with E-state index in [1.165, 1.54) is 4.90 Å². The SMILES string of the molecule is O=C(CN1C(=O)C2(CCN(C(=O)c3ccc4[nH]ncc4c3)CC2)c2c(I)cccc21)NCC(F)(F)F. The molecule has 0 bridgehead atoms. The van der Waals surface area contributed by atoms with Crippen LogP contribution in [-0.4, -0.2) is 65.2 Å². The summed E-state index contributed by atoms with van der Waals surface area (Å²) in [6, 6.07) is 10.6. The van der Waals surface area contributed by atoms with E-state index in [-0.39, 0.29) is 11.8 Å². The smallest absolute Gasteiger partial charge is 0.345 e. The molecule has 0 radical (unpaired) electrons. The highest BCUT2D eigenvalue weighted by Crippen LogP contribution is 2.49. The van der Waals surface area contributed by atoms with Gasteiger partial charge in [-0.2, -0.15) is 18.3 Å². The van der Waals surface area contributed by atoms with Gasteiger partial charge < -0.3 is 15.1 Å². The number of amides is 3. The van der Waals surface area contributed by atoms with Crippen LogP contribution in [0.1, 0.15) is 28.8 Å². The number of nitrogens with zero attached hydrogens (tertiary/aromatic N) is 3. The molecule has 2 N–H and O–H groups in total. The van der Waals surface area contributed by atoms with Crippen LogP contribution < -0.4 is 10.2 Å². The Kier molecular flexibility index (Phi) is 6.17. The summed E-state index contributed by atoms with van der Waals surface area (Å²) in [4.78, 5) is 42.1. The van der Waals surface area contributed by atoms with Gasteiger partial charge in [0.25, 0.3) is 5.91 Å². The number of H-pyrrole nitrogens is 1. The number of nitrogens with one attached hydrogen (secondary N) is 2. The Morgan fingerprint density at radius 2 is 1.92 bits per heavy atom. The highest BCUT2D eigenvalue weighted by Gasteiger charge is 2.53. The third-order valence-corrected chi connectivity index (χ3v) is 7.69. The van der Waals surface area contributed by atoms with Crippen molar-refractivity contribution in [3.05, 3.63) is 57.3 Å². The fourth-order valence-electron chi connectivity index (χ4n) is 5.06. The topological polar surface area (TPSA) is 98.4 Å². The van der Waals surface area contributed by atoms with Gasteiger partial charge in [-0.1, -0.05) is 6.07 Å². The van der Waals surface area contributed by atoms with Crippen LogP contribution in [0.3, 0.4) is 0 Å². The minimum Gasteiger partial charge on any atom is -0.345 e. The molecule has 0 saturated carbocycles. The number of fused-ring (bicyclic) bond motifs is 3. The average molecular weight is 611 g/mol. The summed E-state index contributed by atoms with van der Waals surface area (Å²) in [5, 5.41) is 9.48. The van der Waals surface area contributed by atoms with E-state index in [1.807, 2.05) is 11.4 Å². The van der Waals surface area contributed by atoms with E-state index >= 15 is 0 Å². The van der Waals surface area contributed by atoms with Crippen LogP contribution in [-0.2, 0) is 15.0 Å². The van der Waals surface area contributed by atoms with E-state index in [0.717, 1.165) is 20.0 Å². The van der Waals surface area contributed by atoms with E-state index in [2.05, 4.69) is 32.8 Å². The number of benzene rings is 2. The molecule has 3 amide bonds. The van der Waals surface area contributed by atoms with Crippen LogP contribution in [0.4, 0.5) is 18.9 Å². The van der Waals surface area contributed by atoms with Crippen LogP contribution in [0, 0.1) is 3.57 Å². The lowest BCUT2D eigenvalue weighted by Gasteiger charge is -2.39. The molecular formula is C24H21F3IN5O3. The molecule has 0 unspecified atom stereocenters. The number of aromatic nitrogens is 2. The van der Waals surface area contributed by atoms with Crippen LogP contribution in [0.25, 0.3) is 10.9 Å². The van der Waals surface area contributed by atoms with Gasteiger partial charge in [-0.25, -0.2) is 0 Å². The van der Waals surface area contributed by atoms with Gasteiger partial charge in [0.15, 0.2) is 0 Å². The average Bonchev–Trinajstić information content (AvgIpc) is 3.40. The highest BCUT2D eigenvalue weighted by molar-refractivity contribution is 14.1. The van der Waals surface area contributed by atoms with Gasteiger partial charge >= 0.3 is 6.18 Å². The maximum atomic E-state index is 13.7. The zero-order chi connectivity index (χ0) is 25.7. The van der Waals surface area contributed by atoms with Crippen molar-refractivity contribution in [1.29, 1.82) is 0 Å². The summed E-state index contributed by atoms with van der Waals surface area (Å²) < 4.78 is 38.4. The number of alkyl halides is 3. The lowest BCUT2D eigenvalue weighted by molar-refractivity contribution is -0.138. The normalized spacial score (nSPS) is 17.1. The summed E-state index contributed by atoms with van der Waals surface area (Å²) in [5.41, 5.74) is 1.70. The Labute approximate surface area is 217 Å². The molecule has 0 aliphatic carbocycles. The molecule has 3 heterocycles. The molecular weight excluding hydrogens is 590 g/mol. The molecule has 8 nitrogen and oxygen atoms in total. The highest BCUT2D eigenvalue weighted by atomic mass is 127. The van der Waals surface area contributed by atoms with Crippen LogP contribution in [0.2, 0.25) is 0 Å².